The van der Waals surface area contributed by atoms with Gasteiger partial charge in [0.25, 0.3) is 0 Å². The molecule has 21 heavy (non-hydrogen) atoms. The lowest BCUT2D eigenvalue weighted by atomic mass is 10.2. The van der Waals surface area contributed by atoms with E-state index in [2.05, 4.69) is 10.1 Å². The molecule has 0 saturated carbocycles. The van der Waals surface area contributed by atoms with Crippen LogP contribution in [0.4, 0.5) is 0 Å². The maximum absolute atomic E-state index is 11.4. The van der Waals surface area contributed by atoms with Crippen LogP contribution < -0.4 is 0 Å². The Bertz CT molecular complexity index is 800. The van der Waals surface area contributed by atoms with Crippen molar-refractivity contribution in [1.29, 1.82) is 0 Å². The summed E-state index contributed by atoms with van der Waals surface area (Å²) < 4.78 is 1.45. The van der Waals surface area contributed by atoms with E-state index in [1.807, 2.05) is 6.07 Å². The highest BCUT2D eigenvalue weighted by Gasteiger charge is 2.19. The Balaban J connectivity index is 2.18. The molecular formula is C15H10ClN3O2. The van der Waals surface area contributed by atoms with E-state index in [-0.39, 0.29) is 5.56 Å². The van der Waals surface area contributed by atoms with Crippen LogP contribution in [-0.4, -0.2) is 25.8 Å². The van der Waals surface area contributed by atoms with Crippen LogP contribution in [0.3, 0.4) is 0 Å². The highest BCUT2D eigenvalue weighted by Crippen LogP contribution is 2.25. The fourth-order valence-corrected chi connectivity index (χ4v) is 2.21. The largest absolute Gasteiger partial charge is 0.478 e. The van der Waals surface area contributed by atoms with Crippen LogP contribution in [0.5, 0.6) is 0 Å². The first-order valence-electron chi connectivity index (χ1n) is 6.16. The normalized spacial score (nSPS) is 10.5. The second kappa shape index (κ2) is 5.38. The molecule has 1 aromatic carbocycles. The fourth-order valence-electron chi connectivity index (χ4n) is 1.98. The minimum absolute atomic E-state index is 0.0774. The molecule has 0 radical (unpaired) electrons. The van der Waals surface area contributed by atoms with E-state index in [0.717, 1.165) is 0 Å². The number of aromatic nitrogens is 3. The number of pyridine rings is 1. The molecule has 0 atom stereocenters. The van der Waals surface area contributed by atoms with Gasteiger partial charge in [0.1, 0.15) is 11.3 Å². The van der Waals surface area contributed by atoms with Gasteiger partial charge in [0.05, 0.1) is 16.4 Å². The van der Waals surface area contributed by atoms with Crippen molar-refractivity contribution < 1.29 is 9.90 Å². The van der Waals surface area contributed by atoms with E-state index in [0.29, 0.717) is 22.1 Å². The van der Waals surface area contributed by atoms with Gasteiger partial charge in [0, 0.05) is 12.4 Å². The first-order valence-corrected chi connectivity index (χ1v) is 6.54. The van der Waals surface area contributed by atoms with Gasteiger partial charge < -0.3 is 5.11 Å². The molecule has 0 aliphatic carbocycles. The van der Waals surface area contributed by atoms with Gasteiger partial charge >= 0.3 is 5.97 Å². The molecule has 3 aromatic rings. The third-order valence-corrected chi connectivity index (χ3v) is 3.27. The van der Waals surface area contributed by atoms with Gasteiger partial charge in [0.15, 0.2) is 0 Å². The molecule has 0 saturated heterocycles. The van der Waals surface area contributed by atoms with Gasteiger partial charge in [-0.15, -0.1) is 0 Å². The number of carbonyl (C=O) groups is 1. The molecule has 1 N–H and O–H groups in total. The lowest BCUT2D eigenvalue weighted by molar-refractivity contribution is 0.0697. The second-order valence-corrected chi connectivity index (χ2v) is 4.71. The van der Waals surface area contributed by atoms with E-state index in [4.69, 9.17) is 11.6 Å². The van der Waals surface area contributed by atoms with E-state index in [1.165, 1.54) is 10.9 Å². The number of hydrogen-bond acceptors (Lipinski definition) is 3. The van der Waals surface area contributed by atoms with Crippen molar-refractivity contribution >= 4 is 17.6 Å². The van der Waals surface area contributed by atoms with Gasteiger partial charge in [0.2, 0.25) is 0 Å². The number of hydrogen-bond donors (Lipinski definition) is 1. The van der Waals surface area contributed by atoms with Crippen molar-refractivity contribution in [3.8, 4) is 17.1 Å². The monoisotopic (exact) mass is 299 g/mol. The molecule has 0 aliphatic rings. The molecule has 2 heterocycles. The zero-order valence-corrected chi connectivity index (χ0v) is 11.5. The third-order valence-electron chi connectivity index (χ3n) is 2.95. The fraction of sp³-hybridized carbons (Fsp3) is 0. The molecule has 3 rings (SSSR count). The Morgan fingerprint density at radius 3 is 2.57 bits per heavy atom. The molecule has 0 aliphatic heterocycles. The van der Waals surface area contributed by atoms with Crippen LogP contribution >= 0.6 is 11.6 Å². The summed E-state index contributed by atoms with van der Waals surface area (Å²) in [6.07, 6.45) is 3.03. The maximum Gasteiger partial charge on any atom is 0.339 e. The van der Waals surface area contributed by atoms with Crippen molar-refractivity contribution in [3.63, 3.8) is 0 Å². The van der Waals surface area contributed by atoms with Crippen LogP contribution in [0.15, 0.2) is 54.9 Å². The Hall–Kier alpha value is -2.66. The van der Waals surface area contributed by atoms with Crippen LogP contribution in [0.25, 0.3) is 17.1 Å². The van der Waals surface area contributed by atoms with Crippen molar-refractivity contribution in [2.45, 2.75) is 0 Å². The van der Waals surface area contributed by atoms with Crippen LogP contribution in [0, 0.1) is 0 Å². The second-order valence-electron chi connectivity index (χ2n) is 4.31. The summed E-state index contributed by atoms with van der Waals surface area (Å²) in [7, 11) is 0. The number of carboxylic acid groups (broad SMARTS) is 1. The summed E-state index contributed by atoms with van der Waals surface area (Å²) in [5.74, 6) is -1.06. The average Bonchev–Trinajstić information content (AvgIpc) is 2.94. The summed E-state index contributed by atoms with van der Waals surface area (Å²) in [5, 5.41) is 14.2. The van der Waals surface area contributed by atoms with Gasteiger partial charge in [-0.25, -0.2) is 9.48 Å². The van der Waals surface area contributed by atoms with Crippen molar-refractivity contribution in [2.75, 3.05) is 0 Å². The van der Waals surface area contributed by atoms with Crippen LogP contribution in [-0.2, 0) is 0 Å². The number of benzene rings is 1. The number of carboxylic acids is 1. The van der Waals surface area contributed by atoms with E-state index in [1.54, 1.807) is 42.6 Å². The molecule has 0 amide bonds. The lowest BCUT2D eigenvalue weighted by Gasteiger charge is -2.02. The molecule has 0 fully saturated rings. The number of nitrogens with zero attached hydrogens (tertiary/aromatic N) is 3. The topological polar surface area (TPSA) is 68.0 Å². The highest BCUT2D eigenvalue weighted by molar-refractivity contribution is 6.32. The van der Waals surface area contributed by atoms with Crippen LogP contribution in [0.1, 0.15) is 10.4 Å². The van der Waals surface area contributed by atoms with Crippen LogP contribution in [0.2, 0.25) is 5.02 Å². The average molecular weight is 300 g/mol. The summed E-state index contributed by atoms with van der Waals surface area (Å²) in [4.78, 5) is 15.6. The maximum atomic E-state index is 11.4. The number of aromatic carboxylic acids is 1. The number of halogens is 1. The minimum Gasteiger partial charge on any atom is -0.478 e. The summed E-state index contributed by atoms with van der Waals surface area (Å²) in [6.45, 7) is 0. The Kier molecular flexibility index (Phi) is 3.41. The highest BCUT2D eigenvalue weighted by atomic mass is 35.5. The van der Waals surface area contributed by atoms with Crippen molar-refractivity contribution in [3.05, 3.63) is 65.4 Å². The summed E-state index contributed by atoms with van der Waals surface area (Å²) >= 11 is 6.12. The molecule has 2 aromatic heterocycles. The molecule has 0 unspecified atom stereocenters. The minimum atomic E-state index is -1.06. The first kappa shape index (κ1) is 13.3. The Labute approximate surface area is 125 Å². The molecule has 6 heteroatoms. The summed E-state index contributed by atoms with van der Waals surface area (Å²) in [6, 6.07) is 12.3. The predicted octanol–water partition coefficient (Wildman–Crippen LogP) is 3.29. The summed E-state index contributed by atoms with van der Waals surface area (Å²) in [5.41, 5.74) is 1.50. The molecule has 104 valence electrons. The zero-order valence-electron chi connectivity index (χ0n) is 10.8. The smallest absolute Gasteiger partial charge is 0.339 e. The number of rotatable bonds is 3. The van der Waals surface area contributed by atoms with Crippen molar-refractivity contribution in [2.24, 2.45) is 0 Å². The lowest BCUT2D eigenvalue weighted by Crippen LogP contribution is -1.97. The van der Waals surface area contributed by atoms with E-state index < -0.39 is 5.97 Å². The van der Waals surface area contributed by atoms with Crippen molar-refractivity contribution in [1.82, 2.24) is 14.8 Å². The number of para-hydroxylation sites is 1. The Morgan fingerprint density at radius 1 is 1.14 bits per heavy atom. The van der Waals surface area contributed by atoms with Gasteiger partial charge in [-0.3, -0.25) is 4.98 Å². The Morgan fingerprint density at radius 2 is 1.90 bits per heavy atom. The van der Waals surface area contributed by atoms with E-state index in [9.17, 15) is 9.90 Å². The molecule has 0 spiro atoms. The van der Waals surface area contributed by atoms with Gasteiger partial charge in [-0.1, -0.05) is 29.8 Å². The zero-order chi connectivity index (χ0) is 14.8. The first-order chi connectivity index (χ1) is 10.2. The van der Waals surface area contributed by atoms with Gasteiger partial charge in [-0.05, 0) is 24.3 Å². The third kappa shape index (κ3) is 2.51. The predicted molar refractivity (Wildman–Crippen MR) is 78.8 cm³/mol. The molecule has 5 nitrogen and oxygen atoms in total. The SMILES string of the molecule is O=C(O)c1cn(-c2ccccc2Cl)nc1-c1ccccn1. The van der Waals surface area contributed by atoms with E-state index >= 15 is 0 Å². The quantitative estimate of drug-likeness (QED) is 0.806. The molecular weight excluding hydrogens is 290 g/mol. The van der Waals surface area contributed by atoms with Gasteiger partial charge in [-0.2, -0.15) is 5.10 Å². The molecule has 0 bridgehead atoms. The standard InChI is InChI=1S/C15H10ClN3O2/c16-11-5-1-2-7-13(11)19-9-10(15(20)21)14(18-19)12-6-3-4-8-17-12/h1-9H,(H,20,21).